The lowest BCUT2D eigenvalue weighted by Gasteiger charge is -2.28. The molecule has 7 nitrogen and oxygen atoms in total. The van der Waals surface area contributed by atoms with Crippen LogP contribution in [-0.4, -0.2) is 33.3 Å². The van der Waals surface area contributed by atoms with E-state index in [1.165, 1.54) is 6.07 Å². The van der Waals surface area contributed by atoms with E-state index in [2.05, 4.69) is 15.6 Å². The molecule has 3 aromatic rings. The van der Waals surface area contributed by atoms with Crippen molar-refractivity contribution in [2.45, 2.75) is 37.9 Å². The molecule has 1 heterocycles. The zero-order valence-corrected chi connectivity index (χ0v) is 19.2. The van der Waals surface area contributed by atoms with Crippen LogP contribution in [0.25, 0.3) is 11.3 Å². The van der Waals surface area contributed by atoms with Gasteiger partial charge in [0.25, 0.3) is 5.91 Å². The van der Waals surface area contributed by atoms with Gasteiger partial charge in [-0.05, 0) is 61.4 Å². The Balaban J connectivity index is 1.59. The molecule has 1 saturated carbocycles. The standard InChI is InChI=1S/C25H26ClFN4O3/c26-16-3-6-20(15(11-16)13-27)29-17-4-8-22(33)19(12-17)21-7-5-18(23(28)30-21)24(34)31-25(14-32)9-1-2-10-25/h3-8,11-12,29,32-33H,1-2,9-10,13-14H2,(H2,28,30)(H,31,34). The number of nitrogens with one attached hydrogen (secondary N) is 2. The Morgan fingerprint density at radius 2 is 1.91 bits per heavy atom. The molecular formula is C25H26ClFN4O3. The number of aromatic hydroxyl groups is 1. The van der Waals surface area contributed by atoms with Crippen LogP contribution in [0, 0.1) is 0 Å². The monoisotopic (exact) mass is 484 g/mol. The zero-order chi connectivity index (χ0) is 24.3. The Hall–Kier alpha value is -3.36. The summed E-state index contributed by atoms with van der Waals surface area (Å²) < 4.78 is 13.4. The zero-order valence-electron chi connectivity index (χ0n) is 18.4. The first-order valence-corrected chi connectivity index (χ1v) is 11.4. The van der Waals surface area contributed by atoms with E-state index in [9.17, 15) is 19.4 Å². The van der Waals surface area contributed by atoms with Crippen molar-refractivity contribution in [3.8, 4) is 17.0 Å². The van der Waals surface area contributed by atoms with Crippen molar-refractivity contribution in [2.24, 2.45) is 0 Å². The third kappa shape index (κ3) is 4.93. The van der Waals surface area contributed by atoms with E-state index in [1.807, 2.05) is 0 Å². The Morgan fingerprint density at radius 3 is 2.59 bits per heavy atom. The molecule has 0 spiro atoms. The van der Waals surface area contributed by atoms with Gasteiger partial charge in [0.1, 0.15) is 18.2 Å². The first-order chi connectivity index (χ1) is 16.3. The van der Waals surface area contributed by atoms with Crippen LogP contribution in [-0.2, 0) is 6.67 Å². The molecule has 1 amide bonds. The number of aromatic nitrogens is 1. The summed E-state index contributed by atoms with van der Waals surface area (Å²) in [5, 5.41) is 26.7. The second-order valence-corrected chi connectivity index (χ2v) is 8.96. The minimum atomic E-state index is -0.687. The van der Waals surface area contributed by atoms with Crippen molar-refractivity contribution >= 4 is 34.7 Å². The third-order valence-corrected chi connectivity index (χ3v) is 6.41. The van der Waals surface area contributed by atoms with Gasteiger partial charge in [-0.25, -0.2) is 9.37 Å². The minimum absolute atomic E-state index is 0.0104. The number of phenols is 1. The van der Waals surface area contributed by atoms with Gasteiger partial charge in [0.15, 0.2) is 0 Å². The van der Waals surface area contributed by atoms with E-state index >= 15 is 0 Å². The van der Waals surface area contributed by atoms with Crippen molar-refractivity contribution in [1.29, 1.82) is 0 Å². The first kappa shape index (κ1) is 23.8. The maximum atomic E-state index is 13.4. The molecule has 178 valence electrons. The number of carbonyl (C=O) groups excluding carboxylic acids is 1. The summed E-state index contributed by atoms with van der Waals surface area (Å²) in [6.07, 6.45) is 3.32. The number of alkyl halides is 1. The average molecular weight is 485 g/mol. The van der Waals surface area contributed by atoms with Gasteiger partial charge in [-0.15, -0.1) is 0 Å². The van der Waals surface area contributed by atoms with Gasteiger partial charge in [0, 0.05) is 27.5 Å². The Kier molecular flexibility index (Phi) is 6.90. The molecule has 34 heavy (non-hydrogen) atoms. The van der Waals surface area contributed by atoms with E-state index in [-0.39, 0.29) is 23.7 Å². The molecule has 0 unspecified atom stereocenters. The lowest BCUT2D eigenvalue weighted by molar-refractivity contribution is 0.0839. The predicted octanol–water partition coefficient (Wildman–Crippen LogP) is 4.94. The summed E-state index contributed by atoms with van der Waals surface area (Å²) in [4.78, 5) is 17.1. The van der Waals surface area contributed by atoms with Crippen LogP contribution >= 0.6 is 11.6 Å². The Bertz CT molecular complexity index is 1210. The van der Waals surface area contributed by atoms with Crippen molar-refractivity contribution in [1.82, 2.24) is 10.3 Å². The van der Waals surface area contributed by atoms with Crippen LogP contribution in [0.1, 0.15) is 41.6 Å². The van der Waals surface area contributed by atoms with Crippen molar-refractivity contribution in [3.63, 3.8) is 0 Å². The van der Waals surface area contributed by atoms with E-state index in [4.69, 9.17) is 17.3 Å². The van der Waals surface area contributed by atoms with Gasteiger partial charge < -0.3 is 26.6 Å². The number of aliphatic hydroxyl groups excluding tert-OH is 1. The maximum absolute atomic E-state index is 13.4. The number of aliphatic hydroxyl groups is 1. The average Bonchev–Trinajstić information content (AvgIpc) is 3.30. The highest BCUT2D eigenvalue weighted by Gasteiger charge is 2.35. The highest BCUT2D eigenvalue weighted by molar-refractivity contribution is 6.30. The number of nitrogens with zero attached hydrogens (tertiary/aromatic N) is 1. The molecule has 1 aliphatic rings. The highest BCUT2D eigenvalue weighted by Crippen LogP contribution is 2.34. The lowest BCUT2D eigenvalue weighted by atomic mass is 9.98. The van der Waals surface area contributed by atoms with Gasteiger partial charge in [-0.1, -0.05) is 24.4 Å². The summed E-state index contributed by atoms with van der Waals surface area (Å²) >= 11 is 5.95. The fourth-order valence-electron chi connectivity index (χ4n) is 4.27. The number of pyridine rings is 1. The fraction of sp³-hybridized carbons (Fsp3) is 0.280. The van der Waals surface area contributed by atoms with Gasteiger partial charge in [-0.3, -0.25) is 4.79 Å². The molecule has 0 radical (unpaired) electrons. The van der Waals surface area contributed by atoms with Crippen LogP contribution in [0.4, 0.5) is 21.6 Å². The van der Waals surface area contributed by atoms with Crippen molar-refractivity contribution in [3.05, 3.63) is 64.7 Å². The lowest BCUT2D eigenvalue weighted by Crippen LogP contribution is -2.49. The molecule has 1 aliphatic carbocycles. The third-order valence-electron chi connectivity index (χ3n) is 6.17. The van der Waals surface area contributed by atoms with Crippen LogP contribution in [0.3, 0.4) is 0 Å². The molecule has 0 aliphatic heterocycles. The fourth-order valence-corrected chi connectivity index (χ4v) is 4.46. The molecule has 4 rings (SSSR count). The number of amides is 1. The van der Waals surface area contributed by atoms with Crippen LogP contribution in [0.2, 0.25) is 5.02 Å². The molecule has 0 saturated heterocycles. The maximum Gasteiger partial charge on any atom is 0.255 e. The molecule has 0 bridgehead atoms. The number of rotatable bonds is 7. The molecule has 1 aromatic heterocycles. The van der Waals surface area contributed by atoms with Gasteiger partial charge in [-0.2, -0.15) is 0 Å². The number of hydrogen-bond acceptors (Lipinski definition) is 6. The summed E-state index contributed by atoms with van der Waals surface area (Å²) in [7, 11) is 0. The molecule has 0 atom stereocenters. The Labute approximate surface area is 201 Å². The number of nitrogen functional groups attached to an aromatic ring is 1. The number of anilines is 3. The summed E-state index contributed by atoms with van der Waals surface area (Å²) in [5.74, 6) is -0.411. The number of nitrogens with two attached hydrogens (primary N) is 1. The number of benzene rings is 2. The van der Waals surface area contributed by atoms with E-state index in [0.29, 0.717) is 46.1 Å². The smallest absolute Gasteiger partial charge is 0.255 e. The van der Waals surface area contributed by atoms with Crippen LogP contribution in [0.15, 0.2) is 48.5 Å². The van der Waals surface area contributed by atoms with Gasteiger partial charge >= 0.3 is 0 Å². The van der Waals surface area contributed by atoms with Crippen LogP contribution in [0.5, 0.6) is 5.75 Å². The summed E-state index contributed by atoms with van der Waals surface area (Å²) in [6, 6.07) is 12.8. The second kappa shape index (κ2) is 9.87. The normalized spacial score (nSPS) is 14.7. The summed E-state index contributed by atoms with van der Waals surface area (Å²) in [5.41, 5.74) is 7.98. The molecule has 6 N–H and O–H groups in total. The van der Waals surface area contributed by atoms with Gasteiger partial charge in [0.2, 0.25) is 0 Å². The Morgan fingerprint density at radius 1 is 1.15 bits per heavy atom. The molecule has 2 aromatic carbocycles. The van der Waals surface area contributed by atoms with Crippen molar-refractivity contribution < 1.29 is 19.4 Å². The highest BCUT2D eigenvalue weighted by atomic mass is 35.5. The number of halogens is 2. The summed E-state index contributed by atoms with van der Waals surface area (Å²) in [6.45, 7) is -0.817. The molecular weight excluding hydrogens is 459 g/mol. The predicted molar refractivity (Wildman–Crippen MR) is 131 cm³/mol. The number of hydrogen-bond donors (Lipinski definition) is 5. The van der Waals surface area contributed by atoms with Crippen LogP contribution < -0.4 is 16.4 Å². The van der Waals surface area contributed by atoms with E-state index in [0.717, 1.165) is 12.8 Å². The minimum Gasteiger partial charge on any atom is -0.507 e. The van der Waals surface area contributed by atoms with Gasteiger partial charge in [0.05, 0.1) is 23.4 Å². The SMILES string of the molecule is Nc1nc(-c2cc(Nc3ccc(Cl)cc3CF)ccc2O)ccc1C(=O)NC1(CO)CCCC1. The second-order valence-electron chi connectivity index (χ2n) is 8.52. The topological polar surface area (TPSA) is 121 Å². The molecule has 9 heteroatoms. The van der Waals surface area contributed by atoms with E-state index in [1.54, 1.807) is 42.5 Å². The van der Waals surface area contributed by atoms with E-state index < -0.39 is 18.1 Å². The quantitative estimate of drug-likeness (QED) is 0.303. The largest absolute Gasteiger partial charge is 0.507 e. The number of phenolic OH excluding ortho intramolecular Hbond substituents is 1. The molecule has 1 fully saturated rings. The van der Waals surface area contributed by atoms with Crippen molar-refractivity contribution in [2.75, 3.05) is 17.7 Å². The first-order valence-electron chi connectivity index (χ1n) is 11.0. The number of carbonyl (C=O) groups is 1.